The van der Waals surface area contributed by atoms with Gasteiger partial charge in [0.2, 0.25) is 10.0 Å². The van der Waals surface area contributed by atoms with Crippen molar-refractivity contribution in [2.75, 3.05) is 28.6 Å². The Hall–Kier alpha value is -1.73. The van der Waals surface area contributed by atoms with Gasteiger partial charge in [-0.25, -0.2) is 8.42 Å². The smallest absolute Gasteiger partial charge is 0.235 e. The third kappa shape index (κ3) is 4.37. The van der Waals surface area contributed by atoms with E-state index in [0.717, 1.165) is 4.90 Å². The maximum absolute atomic E-state index is 12.2. The van der Waals surface area contributed by atoms with E-state index >= 15 is 0 Å². The zero-order valence-electron chi connectivity index (χ0n) is 11.6. The molecule has 2 N–H and O–H groups in total. The van der Waals surface area contributed by atoms with Crippen molar-refractivity contribution in [3.8, 4) is 0 Å². The van der Waals surface area contributed by atoms with Crippen molar-refractivity contribution in [2.45, 2.75) is 4.90 Å². The van der Waals surface area contributed by atoms with E-state index in [4.69, 9.17) is 5.73 Å². The summed E-state index contributed by atoms with van der Waals surface area (Å²) in [6.45, 7) is 0. The number of thioether (sulfide) groups is 1. The van der Waals surface area contributed by atoms with E-state index in [9.17, 15) is 8.42 Å². The summed E-state index contributed by atoms with van der Waals surface area (Å²) in [4.78, 5) is 4.94. The van der Waals surface area contributed by atoms with E-state index in [-0.39, 0.29) is 5.75 Å². The molecule has 0 unspecified atom stereocenters. The fourth-order valence-corrected chi connectivity index (χ4v) is 4.11. The molecule has 0 saturated heterocycles. The predicted octanol–water partition coefficient (Wildman–Crippen LogP) is 2.22. The highest BCUT2D eigenvalue weighted by Gasteiger charge is 2.18. The van der Waals surface area contributed by atoms with Gasteiger partial charge in [0.15, 0.2) is 0 Å². The third-order valence-electron chi connectivity index (χ3n) is 2.92. The number of benzene rings is 1. The van der Waals surface area contributed by atoms with Crippen LogP contribution in [0.15, 0.2) is 53.7 Å². The molecule has 5 nitrogen and oxygen atoms in total. The fraction of sp³-hybridized carbons (Fsp3) is 0.214. The van der Waals surface area contributed by atoms with Crippen LogP contribution in [0.1, 0.15) is 0 Å². The number of nitrogens with zero attached hydrogens (tertiary/aromatic N) is 2. The SMILES string of the molecule is CN(c1cccnc1)S(=O)(=O)CCSc1ccc(N)cc1. The van der Waals surface area contributed by atoms with Crippen LogP contribution >= 0.6 is 11.8 Å². The summed E-state index contributed by atoms with van der Waals surface area (Å²) in [6.07, 6.45) is 3.14. The fourth-order valence-electron chi connectivity index (χ4n) is 1.67. The predicted molar refractivity (Wildman–Crippen MR) is 88.0 cm³/mol. The van der Waals surface area contributed by atoms with Gasteiger partial charge in [0.25, 0.3) is 0 Å². The number of sulfonamides is 1. The molecule has 0 aliphatic carbocycles. The highest BCUT2D eigenvalue weighted by atomic mass is 32.2. The first-order valence-electron chi connectivity index (χ1n) is 6.34. The van der Waals surface area contributed by atoms with Crippen LogP contribution in [-0.4, -0.2) is 32.0 Å². The standard InChI is InChI=1S/C14H17N3O2S2/c1-17(13-3-2-8-16-11-13)21(18,19)10-9-20-14-6-4-12(15)5-7-14/h2-8,11H,9-10,15H2,1H3. The summed E-state index contributed by atoms with van der Waals surface area (Å²) in [7, 11) is -1.80. The maximum Gasteiger partial charge on any atom is 0.235 e. The average Bonchev–Trinajstić information content (AvgIpc) is 2.49. The molecule has 0 saturated carbocycles. The Morgan fingerprint density at radius 3 is 2.57 bits per heavy atom. The molecule has 0 bridgehead atoms. The molecule has 0 aliphatic heterocycles. The van der Waals surface area contributed by atoms with Crippen molar-refractivity contribution in [2.24, 2.45) is 0 Å². The molecule has 0 amide bonds. The van der Waals surface area contributed by atoms with Crippen LogP contribution < -0.4 is 10.0 Å². The number of nitrogens with two attached hydrogens (primary N) is 1. The van der Waals surface area contributed by atoms with Gasteiger partial charge in [0, 0.05) is 29.6 Å². The van der Waals surface area contributed by atoms with Crippen molar-refractivity contribution in [1.82, 2.24) is 4.98 Å². The molecule has 0 aliphatic rings. The second-order valence-electron chi connectivity index (χ2n) is 4.41. The Morgan fingerprint density at radius 2 is 1.95 bits per heavy atom. The number of nitrogen functional groups attached to an aromatic ring is 1. The van der Waals surface area contributed by atoms with Crippen molar-refractivity contribution in [3.05, 3.63) is 48.8 Å². The average molecular weight is 323 g/mol. The molecule has 1 heterocycles. The summed E-state index contributed by atoms with van der Waals surface area (Å²) in [5.41, 5.74) is 6.87. The van der Waals surface area contributed by atoms with Gasteiger partial charge in [-0.3, -0.25) is 9.29 Å². The highest BCUT2D eigenvalue weighted by Crippen LogP contribution is 2.21. The third-order valence-corrected chi connectivity index (χ3v) is 5.95. The number of pyridine rings is 1. The van der Waals surface area contributed by atoms with Gasteiger partial charge in [-0.05, 0) is 36.4 Å². The molecule has 1 aromatic heterocycles. The maximum atomic E-state index is 12.2. The van der Waals surface area contributed by atoms with Crippen LogP contribution in [0.2, 0.25) is 0 Å². The number of hydrogen-bond acceptors (Lipinski definition) is 5. The van der Waals surface area contributed by atoms with Gasteiger partial charge in [-0.1, -0.05) is 0 Å². The molecule has 0 fully saturated rings. The normalized spacial score (nSPS) is 11.3. The van der Waals surface area contributed by atoms with E-state index in [2.05, 4.69) is 4.98 Å². The van der Waals surface area contributed by atoms with Crippen LogP contribution in [0.4, 0.5) is 11.4 Å². The van der Waals surface area contributed by atoms with E-state index in [1.807, 2.05) is 12.1 Å². The molecule has 0 radical (unpaired) electrons. The minimum atomic E-state index is -3.34. The van der Waals surface area contributed by atoms with E-state index in [0.29, 0.717) is 17.1 Å². The monoisotopic (exact) mass is 323 g/mol. The first kappa shape index (κ1) is 15.7. The Kier molecular flexibility index (Phi) is 5.08. The number of rotatable bonds is 6. The van der Waals surface area contributed by atoms with Gasteiger partial charge >= 0.3 is 0 Å². The Labute approximate surface area is 129 Å². The lowest BCUT2D eigenvalue weighted by Gasteiger charge is -2.18. The van der Waals surface area contributed by atoms with Gasteiger partial charge < -0.3 is 5.73 Å². The molecular weight excluding hydrogens is 306 g/mol. The summed E-state index contributed by atoms with van der Waals surface area (Å²) < 4.78 is 25.7. The molecule has 1 aromatic carbocycles. The Morgan fingerprint density at radius 1 is 1.24 bits per heavy atom. The topological polar surface area (TPSA) is 76.3 Å². The van der Waals surface area contributed by atoms with Gasteiger partial charge in [0.1, 0.15) is 0 Å². The second-order valence-corrected chi connectivity index (χ2v) is 7.70. The molecule has 0 atom stereocenters. The van der Waals surface area contributed by atoms with Crippen molar-refractivity contribution >= 4 is 33.2 Å². The minimum Gasteiger partial charge on any atom is -0.399 e. The van der Waals surface area contributed by atoms with E-state index in [1.165, 1.54) is 22.3 Å². The van der Waals surface area contributed by atoms with Crippen LogP contribution in [0, 0.1) is 0 Å². The number of anilines is 2. The highest BCUT2D eigenvalue weighted by molar-refractivity contribution is 8.01. The summed E-state index contributed by atoms with van der Waals surface area (Å²) in [6, 6.07) is 10.8. The lowest BCUT2D eigenvalue weighted by Crippen LogP contribution is -2.29. The molecule has 7 heteroatoms. The zero-order valence-corrected chi connectivity index (χ0v) is 13.3. The van der Waals surface area contributed by atoms with E-state index < -0.39 is 10.0 Å². The van der Waals surface area contributed by atoms with Crippen LogP contribution in [0.3, 0.4) is 0 Å². The van der Waals surface area contributed by atoms with Crippen molar-refractivity contribution < 1.29 is 8.42 Å². The molecule has 112 valence electrons. The lowest BCUT2D eigenvalue weighted by molar-refractivity contribution is 0.596. The molecule has 2 aromatic rings. The molecule has 2 rings (SSSR count). The number of aromatic nitrogens is 1. The van der Waals surface area contributed by atoms with Gasteiger partial charge in [0.05, 0.1) is 17.6 Å². The number of hydrogen-bond donors (Lipinski definition) is 1. The van der Waals surface area contributed by atoms with E-state index in [1.54, 1.807) is 37.5 Å². The molecular formula is C14H17N3O2S2. The first-order valence-corrected chi connectivity index (χ1v) is 8.93. The van der Waals surface area contributed by atoms with Gasteiger partial charge in [-0.15, -0.1) is 11.8 Å². The largest absolute Gasteiger partial charge is 0.399 e. The van der Waals surface area contributed by atoms with Crippen molar-refractivity contribution in [1.29, 1.82) is 0 Å². The Balaban J connectivity index is 1.94. The summed E-state index contributed by atoms with van der Waals surface area (Å²) in [5, 5.41) is 0. The van der Waals surface area contributed by atoms with Crippen LogP contribution in [0.25, 0.3) is 0 Å². The van der Waals surface area contributed by atoms with Crippen LogP contribution in [-0.2, 0) is 10.0 Å². The zero-order chi connectivity index (χ0) is 15.3. The molecule has 0 spiro atoms. The summed E-state index contributed by atoms with van der Waals surface area (Å²) >= 11 is 1.49. The second kappa shape index (κ2) is 6.82. The minimum absolute atomic E-state index is 0.0629. The van der Waals surface area contributed by atoms with Gasteiger partial charge in [-0.2, -0.15) is 0 Å². The lowest BCUT2D eigenvalue weighted by atomic mass is 10.3. The van der Waals surface area contributed by atoms with Crippen molar-refractivity contribution in [3.63, 3.8) is 0 Å². The quantitative estimate of drug-likeness (QED) is 0.651. The summed E-state index contributed by atoms with van der Waals surface area (Å²) in [5.74, 6) is 0.546. The molecule has 21 heavy (non-hydrogen) atoms. The Bertz CT molecular complexity index is 673. The van der Waals surface area contributed by atoms with Crippen LogP contribution in [0.5, 0.6) is 0 Å². The first-order chi connectivity index (χ1) is 9.99.